The van der Waals surface area contributed by atoms with Gasteiger partial charge in [0, 0.05) is 23.8 Å². The van der Waals surface area contributed by atoms with Crippen LogP contribution in [0.4, 0.5) is 5.69 Å². The van der Waals surface area contributed by atoms with Crippen molar-refractivity contribution in [2.75, 3.05) is 32.5 Å². The van der Waals surface area contributed by atoms with Gasteiger partial charge in [0.25, 0.3) is 5.56 Å². The van der Waals surface area contributed by atoms with Crippen LogP contribution in [0.5, 0.6) is 0 Å². The number of fused-ring (bicyclic) bond motifs is 1. The first-order valence-corrected chi connectivity index (χ1v) is 9.65. The highest BCUT2D eigenvalue weighted by Gasteiger charge is 2.14. The normalized spacial score (nSPS) is 11.0. The van der Waals surface area contributed by atoms with Crippen LogP contribution in [0.2, 0.25) is 5.02 Å². The minimum absolute atomic E-state index is 0.148. The smallest absolute Gasteiger partial charge is 0.258 e. The second-order valence-electron chi connectivity index (χ2n) is 6.69. The minimum atomic E-state index is -0.148. The van der Waals surface area contributed by atoms with Gasteiger partial charge in [-0.15, -0.1) is 0 Å². The lowest BCUT2D eigenvalue weighted by atomic mass is 10.2. The van der Waals surface area contributed by atoms with E-state index in [9.17, 15) is 4.79 Å². The number of anilines is 1. The minimum Gasteiger partial charge on any atom is -0.340 e. The van der Waals surface area contributed by atoms with Crippen molar-refractivity contribution in [2.24, 2.45) is 0 Å². The summed E-state index contributed by atoms with van der Waals surface area (Å²) in [7, 11) is 4.01. The third-order valence-electron chi connectivity index (χ3n) is 4.20. The molecular weight excluding hydrogens is 394 g/mol. The highest BCUT2D eigenvalue weighted by Crippen LogP contribution is 2.15. The highest BCUT2D eigenvalue weighted by atomic mass is 35.5. The van der Waals surface area contributed by atoms with E-state index in [4.69, 9.17) is 23.8 Å². The van der Waals surface area contributed by atoms with Crippen molar-refractivity contribution >= 4 is 45.5 Å². The number of nitrogens with one attached hydrogen (secondary N) is 2. The lowest BCUT2D eigenvalue weighted by Gasteiger charge is -2.27. The Morgan fingerprint density at radius 1 is 1.14 bits per heavy atom. The maximum atomic E-state index is 12.4. The molecular formula is C20H22ClN5OS. The Morgan fingerprint density at radius 3 is 2.57 bits per heavy atom. The fourth-order valence-electron chi connectivity index (χ4n) is 2.70. The van der Waals surface area contributed by atoms with Crippen LogP contribution in [0.25, 0.3) is 10.9 Å². The fraction of sp³-hybridized carbons (Fsp3) is 0.250. The molecule has 2 aromatic carbocycles. The molecule has 3 rings (SSSR count). The number of hydrogen-bond donors (Lipinski definition) is 2. The molecule has 3 aromatic rings. The predicted molar refractivity (Wildman–Crippen MR) is 119 cm³/mol. The van der Waals surface area contributed by atoms with Crippen molar-refractivity contribution in [3.63, 3.8) is 0 Å². The third-order valence-corrected chi connectivity index (χ3v) is 4.81. The molecule has 0 radical (unpaired) electrons. The zero-order valence-electron chi connectivity index (χ0n) is 15.8. The fourth-order valence-corrected chi connectivity index (χ4v) is 3.10. The van der Waals surface area contributed by atoms with E-state index in [-0.39, 0.29) is 5.56 Å². The molecule has 1 aromatic heterocycles. The molecule has 8 heteroatoms. The average molecular weight is 416 g/mol. The van der Waals surface area contributed by atoms with Gasteiger partial charge in [-0.3, -0.25) is 4.79 Å². The summed E-state index contributed by atoms with van der Waals surface area (Å²) in [5.41, 5.74) is 1.37. The van der Waals surface area contributed by atoms with Crippen LogP contribution < -0.4 is 10.9 Å². The first-order valence-electron chi connectivity index (χ1n) is 8.86. The number of likely N-dealkylation sites (N-methyl/N-ethyl adjacent to an activating group) is 1. The molecule has 0 aliphatic heterocycles. The number of aromatic amines is 1. The SMILES string of the molecule is CN(C)CCN(Cc1nc2ccccc2c(=O)[nH]1)C(=S)Nc1ccc(Cl)cc1. The van der Waals surface area contributed by atoms with E-state index in [1.165, 1.54) is 0 Å². The van der Waals surface area contributed by atoms with Gasteiger partial charge in [0.05, 0.1) is 17.4 Å². The van der Waals surface area contributed by atoms with E-state index in [1.807, 2.05) is 49.3 Å². The van der Waals surface area contributed by atoms with Crippen molar-refractivity contribution < 1.29 is 0 Å². The van der Waals surface area contributed by atoms with Gasteiger partial charge in [-0.1, -0.05) is 23.7 Å². The van der Waals surface area contributed by atoms with Crippen molar-refractivity contribution in [2.45, 2.75) is 6.54 Å². The monoisotopic (exact) mass is 415 g/mol. The zero-order valence-corrected chi connectivity index (χ0v) is 17.3. The second kappa shape index (κ2) is 9.14. The topological polar surface area (TPSA) is 64.3 Å². The van der Waals surface area contributed by atoms with Crippen LogP contribution in [-0.4, -0.2) is 52.1 Å². The maximum Gasteiger partial charge on any atom is 0.258 e. The quantitative estimate of drug-likeness (QED) is 0.602. The lowest BCUT2D eigenvalue weighted by Crippen LogP contribution is -2.39. The van der Waals surface area contributed by atoms with Crippen molar-refractivity contribution in [3.05, 3.63) is 69.7 Å². The van der Waals surface area contributed by atoms with Gasteiger partial charge in [-0.25, -0.2) is 4.98 Å². The van der Waals surface area contributed by atoms with Crippen molar-refractivity contribution in [1.82, 2.24) is 19.8 Å². The third kappa shape index (κ3) is 5.28. The van der Waals surface area contributed by atoms with E-state index in [0.29, 0.717) is 40.0 Å². The summed E-state index contributed by atoms with van der Waals surface area (Å²) in [6.45, 7) is 1.89. The summed E-state index contributed by atoms with van der Waals surface area (Å²) in [4.78, 5) is 23.9. The van der Waals surface area contributed by atoms with Crippen molar-refractivity contribution in [1.29, 1.82) is 0 Å². The number of benzene rings is 2. The molecule has 0 aliphatic carbocycles. The van der Waals surface area contributed by atoms with Gasteiger partial charge < -0.3 is 20.1 Å². The number of thiocarbonyl (C=S) groups is 1. The van der Waals surface area contributed by atoms with Gasteiger partial charge in [0.1, 0.15) is 5.82 Å². The standard InChI is InChI=1S/C20H22ClN5OS/c1-25(2)11-12-26(20(28)22-15-9-7-14(21)8-10-15)13-18-23-17-6-4-3-5-16(17)19(27)24-18/h3-10H,11-13H2,1-2H3,(H,22,28)(H,23,24,27). The molecule has 146 valence electrons. The molecule has 0 amide bonds. The summed E-state index contributed by atoms with van der Waals surface area (Å²) in [6, 6.07) is 14.6. The summed E-state index contributed by atoms with van der Waals surface area (Å²) >= 11 is 11.6. The number of halogens is 1. The number of hydrogen-bond acceptors (Lipinski definition) is 4. The Kier molecular flexibility index (Phi) is 6.61. The number of H-pyrrole nitrogens is 1. The van der Waals surface area contributed by atoms with Crippen LogP contribution in [0.1, 0.15) is 5.82 Å². The maximum absolute atomic E-state index is 12.4. The molecule has 0 fully saturated rings. The van der Waals surface area contributed by atoms with Gasteiger partial charge in [0.2, 0.25) is 0 Å². The first kappa shape index (κ1) is 20.3. The van der Waals surface area contributed by atoms with Crippen LogP contribution in [0.3, 0.4) is 0 Å². The van der Waals surface area contributed by atoms with Gasteiger partial charge >= 0.3 is 0 Å². The van der Waals surface area contributed by atoms with Crippen LogP contribution in [0, 0.1) is 0 Å². The van der Waals surface area contributed by atoms with E-state index < -0.39 is 0 Å². The Labute approximate surface area is 174 Å². The first-order chi connectivity index (χ1) is 13.4. The Bertz CT molecular complexity index is 1020. The molecule has 1 heterocycles. The van der Waals surface area contributed by atoms with E-state index in [0.717, 1.165) is 12.2 Å². The second-order valence-corrected chi connectivity index (χ2v) is 7.51. The van der Waals surface area contributed by atoms with Crippen LogP contribution in [0.15, 0.2) is 53.3 Å². The zero-order chi connectivity index (χ0) is 20.1. The molecule has 0 bridgehead atoms. The molecule has 0 atom stereocenters. The number of nitrogens with zero attached hydrogens (tertiary/aromatic N) is 3. The number of rotatable bonds is 6. The van der Waals surface area contributed by atoms with Gasteiger partial charge in [-0.2, -0.15) is 0 Å². The summed E-state index contributed by atoms with van der Waals surface area (Å²) in [6.07, 6.45) is 0. The molecule has 28 heavy (non-hydrogen) atoms. The van der Waals surface area contributed by atoms with Crippen LogP contribution >= 0.6 is 23.8 Å². The highest BCUT2D eigenvalue weighted by molar-refractivity contribution is 7.80. The molecule has 0 spiro atoms. The summed E-state index contributed by atoms with van der Waals surface area (Å²) < 4.78 is 0. The van der Waals surface area contributed by atoms with E-state index in [2.05, 4.69) is 20.2 Å². The Hall–Kier alpha value is -2.48. The number of para-hydroxylation sites is 1. The molecule has 0 aliphatic rings. The predicted octanol–water partition coefficient (Wildman–Crippen LogP) is 3.34. The van der Waals surface area contributed by atoms with Crippen LogP contribution in [-0.2, 0) is 6.54 Å². The lowest BCUT2D eigenvalue weighted by molar-refractivity contribution is 0.323. The van der Waals surface area contributed by atoms with Gasteiger partial charge in [-0.05, 0) is 62.7 Å². The molecule has 0 saturated carbocycles. The average Bonchev–Trinajstić information content (AvgIpc) is 2.66. The summed E-state index contributed by atoms with van der Waals surface area (Å²) in [5, 5.41) is 5.02. The summed E-state index contributed by atoms with van der Waals surface area (Å²) in [5.74, 6) is 0.572. The Morgan fingerprint density at radius 2 is 1.86 bits per heavy atom. The molecule has 0 saturated heterocycles. The van der Waals surface area contributed by atoms with Gasteiger partial charge in [0.15, 0.2) is 5.11 Å². The molecule has 6 nitrogen and oxygen atoms in total. The largest absolute Gasteiger partial charge is 0.340 e. The van der Waals surface area contributed by atoms with Crippen molar-refractivity contribution in [3.8, 4) is 0 Å². The Balaban J connectivity index is 1.82. The molecule has 0 unspecified atom stereocenters. The molecule has 2 N–H and O–H groups in total. The number of aromatic nitrogens is 2. The van der Waals surface area contributed by atoms with E-state index >= 15 is 0 Å². The van der Waals surface area contributed by atoms with E-state index in [1.54, 1.807) is 18.2 Å².